The van der Waals surface area contributed by atoms with Crippen LogP contribution in [0.4, 0.5) is 13.2 Å². The Morgan fingerprint density at radius 2 is 1.69 bits per heavy atom. The Morgan fingerprint density at radius 3 is 2.28 bits per heavy atom. The first kappa shape index (κ1) is 21.6. The normalized spacial score (nSPS) is 16.7. The van der Waals surface area contributed by atoms with E-state index in [0.29, 0.717) is 5.75 Å². The molecule has 1 heterocycles. The Bertz CT molecular complexity index is 925. The number of sulfonamides is 1. The molecule has 1 saturated heterocycles. The maximum absolute atomic E-state index is 12.7. The molecule has 1 N–H and O–H groups in total. The third kappa shape index (κ3) is 5.09. The topological polar surface area (TPSA) is 58.6 Å². The monoisotopic (exact) mass is 428 g/mol. The molecule has 1 unspecified atom stereocenters. The van der Waals surface area contributed by atoms with Gasteiger partial charge in [0.15, 0.2) is 0 Å². The lowest BCUT2D eigenvalue weighted by Gasteiger charge is -2.29. The van der Waals surface area contributed by atoms with Crippen LogP contribution in [-0.4, -0.2) is 40.1 Å². The van der Waals surface area contributed by atoms with Crippen LogP contribution in [0.25, 0.3) is 0 Å². The van der Waals surface area contributed by atoms with Crippen LogP contribution >= 0.6 is 0 Å². The summed E-state index contributed by atoms with van der Waals surface area (Å²) in [5.41, 5.74) is -0.0209. The van der Waals surface area contributed by atoms with Gasteiger partial charge in [0.05, 0.1) is 23.6 Å². The van der Waals surface area contributed by atoms with E-state index in [1.54, 1.807) is 7.11 Å². The molecule has 29 heavy (non-hydrogen) atoms. The van der Waals surface area contributed by atoms with Gasteiger partial charge in [-0.3, -0.25) is 4.90 Å². The summed E-state index contributed by atoms with van der Waals surface area (Å²) in [5, 5.41) is 0. The summed E-state index contributed by atoms with van der Waals surface area (Å²) < 4.78 is 71.5. The van der Waals surface area contributed by atoms with Crippen molar-refractivity contribution in [2.45, 2.75) is 30.0 Å². The fourth-order valence-corrected chi connectivity index (χ4v) is 4.56. The summed E-state index contributed by atoms with van der Waals surface area (Å²) in [4.78, 5) is 1.98. The van der Waals surface area contributed by atoms with E-state index in [-0.39, 0.29) is 17.5 Å². The molecule has 0 spiro atoms. The smallest absolute Gasteiger partial charge is 0.416 e. The molecule has 158 valence electrons. The molecule has 0 amide bonds. The van der Waals surface area contributed by atoms with Gasteiger partial charge in [-0.05, 0) is 56.3 Å². The number of likely N-dealkylation sites (tertiary alicyclic amines) is 1. The van der Waals surface area contributed by atoms with E-state index < -0.39 is 21.8 Å². The molecule has 0 aromatic heterocycles. The van der Waals surface area contributed by atoms with Gasteiger partial charge < -0.3 is 4.74 Å². The van der Waals surface area contributed by atoms with Crippen LogP contribution in [0.3, 0.4) is 0 Å². The molecule has 2 aromatic carbocycles. The minimum Gasteiger partial charge on any atom is -0.496 e. The fourth-order valence-electron chi connectivity index (χ4n) is 3.53. The Hall–Kier alpha value is -2.10. The first-order chi connectivity index (χ1) is 13.7. The van der Waals surface area contributed by atoms with Gasteiger partial charge in [-0.15, -0.1) is 0 Å². The minimum absolute atomic E-state index is 0.0870. The van der Waals surface area contributed by atoms with E-state index >= 15 is 0 Å². The van der Waals surface area contributed by atoms with E-state index in [1.807, 2.05) is 24.3 Å². The van der Waals surface area contributed by atoms with Crippen LogP contribution in [0, 0.1) is 0 Å². The number of benzene rings is 2. The molecule has 1 atom stereocenters. The lowest BCUT2D eigenvalue weighted by atomic mass is 10.0. The second-order valence-corrected chi connectivity index (χ2v) is 8.64. The molecule has 0 saturated carbocycles. The molecular weight excluding hydrogens is 405 g/mol. The number of halogens is 3. The number of para-hydroxylation sites is 1. The SMILES string of the molecule is COc1ccccc1C(CNS(=O)(=O)c1ccc(C(F)(F)F)cc1)N1CCCC1. The van der Waals surface area contributed by atoms with Gasteiger partial charge in [0.1, 0.15) is 5.75 Å². The molecule has 0 radical (unpaired) electrons. The van der Waals surface area contributed by atoms with E-state index in [9.17, 15) is 21.6 Å². The largest absolute Gasteiger partial charge is 0.496 e. The average Bonchev–Trinajstić information content (AvgIpc) is 3.22. The first-order valence-electron chi connectivity index (χ1n) is 9.26. The third-order valence-corrected chi connectivity index (χ3v) is 6.48. The second-order valence-electron chi connectivity index (χ2n) is 6.87. The summed E-state index contributed by atoms with van der Waals surface area (Å²) >= 11 is 0. The summed E-state index contributed by atoms with van der Waals surface area (Å²) in [7, 11) is -2.40. The zero-order valence-corrected chi connectivity index (χ0v) is 16.8. The summed E-state index contributed by atoms with van der Waals surface area (Å²) in [6.45, 7) is 1.76. The number of nitrogens with one attached hydrogen (secondary N) is 1. The highest BCUT2D eigenvalue weighted by Crippen LogP contribution is 2.32. The van der Waals surface area contributed by atoms with Crippen molar-refractivity contribution in [3.8, 4) is 5.75 Å². The van der Waals surface area contributed by atoms with Crippen molar-refractivity contribution in [3.05, 3.63) is 59.7 Å². The molecule has 0 bridgehead atoms. The third-order valence-electron chi connectivity index (χ3n) is 5.04. The van der Waals surface area contributed by atoms with Crippen LogP contribution in [0.5, 0.6) is 5.75 Å². The zero-order valence-electron chi connectivity index (χ0n) is 15.9. The average molecular weight is 428 g/mol. The van der Waals surface area contributed by atoms with Crippen molar-refractivity contribution >= 4 is 10.0 Å². The maximum atomic E-state index is 12.7. The number of nitrogens with zero attached hydrogens (tertiary/aromatic N) is 1. The maximum Gasteiger partial charge on any atom is 0.416 e. The molecule has 2 aromatic rings. The molecule has 0 aliphatic carbocycles. The Kier molecular flexibility index (Phi) is 6.50. The predicted octanol–water partition coefficient (Wildman–Crippen LogP) is 3.83. The summed E-state index contributed by atoms with van der Waals surface area (Å²) in [6, 6.07) is 10.7. The van der Waals surface area contributed by atoms with Crippen LogP contribution < -0.4 is 9.46 Å². The Morgan fingerprint density at radius 1 is 1.07 bits per heavy atom. The molecule has 9 heteroatoms. The lowest BCUT2D eigenvalue weighted by molar-refractivity contribution is -0.137. The van der Waals surface area contributed by atoms with Gasteiger partial charge in [0.2, 0.25) is 10.0 Å². The minimum atomic E-state index is -4.51. The number of hydrogen-bond donors (Lipinski definition) is 1. The number of methoxy groups -OCH3 is 1. The first-order valence-corrected chi connectivity index (χ1v) is 10.7. The number of alkyl halides is 3. The molecule has 1 fully saturated rings. The van der Waals surface area contributed by atoms with Crippen LogP contribution in [-0.2, 0) is 16.2 Å². The van der Waals surface area contributed by atoms with Gasteiger partial charge in [0, 0.05) is 12.1 Å². The van der Waals surface area contributed by atoms with E-state index in [1.165, 1.54) is 0 Å². The van der Waals surface area contributed by atoms with Gasteiger partial charge >= 0.3 is 6.18 Å². The number of ether oxygens (including phenoxy) is 1. The van der Waals surface area contributed by atoms with Crippen molar-refractivity contribution < 1.29 is 26.3 Å². The molecule has 3 rings (SSSR count). The molecule has 5 nitrogen and oxygen atoms in total. The highest BCUT2D eigenvalue weighted by Gasteiger charge is 2.31. The van der Waals surface area contributed by atoms with Crippen molar-refractivity contribution in [3.63, 3.8) is 0 Å². The van der Waals surface area contributed by atoms with Gasteiger partial charge in [-0.2, -0.15) is 13.2 Å². The molecular formula is C20H23F3N2O3S. The van der Waals surface area contributed by atoms with Gasteiger partial charge in [0.25, 0.3) is 0 Å². The van der Waals surface area contributed by atoms with E-state index in [2.05, 4.69) is 9.62 Å². The number of rotatable bonds is 7. The van der Waals surface area contributed by atoms with Gasteiger partial charge in [-0.1, -0.05) is 18.2 Å². The summed E-state index contributed by atoms with van der Waals surface area (Å²) in [6.07, 6.45) is -2.46. The highest BCUT2D eigenvalue weighted by molar-refractivity contribution is 7.89. The van der Waals surface area contributed by atoms with Crippen LogP contribution in [0.15, 0.2) is 53.4 Å². The highest BCUT2D eigenvalue weighted by atomic mass is 32.2. The van der Waals surface area contributed by atoms with Crippen LogP contribution in [0.2, 0.25) is 0 Å². The quantitative estimate of drug-likeness (QED) is 0.728. The van der Waals surface area contributed by atoms with Crippen molar-refractivity contribution in [1.29, 1.82) is 0 Å². The fraction of sp³-hybridized carbons (Fsp3) is 0.400. The van der Waals surface area contributed by atoms with E-state index in [0.717, 1.165) is 55.8 Å². The molecule has 1 aliphatic heterocycles. The second kappa shape index (κ2) is 8.73. The Balaban J connectivity index is 1.81. The van der Waals surface area contributed by atoms with Crippen molar-refractivity contribution in [1.82, 2.24) is 9.62 Å². The lowest BCUT2D eigenvalue weighted by Crippen LogP contribution is -2.37. The van der Waals surface area contributed by atoms with Gasteiger partial charge in [-0.25, -0.2) is 13.1 Å². The van der Waals surface area contributed by atoms with Crippen LogP contribution in [0.1, 0.15) is 30.0 Å². The molecule has 1 aliphatic rings. The summed E-state index contributed by atoms with van der Waals surface area (Å²) in [5.74, 6) is 0.665. The van der Waals surface area contributed by atoms with Crippen molar-refractivity contribution in [2.24, 2.45) is 0 Å². The zero-order chi connectivity index (χ0) is 21.1. The number of hydrogen-bond acceptors (Lipinski definition) is 4. The van der Waals surface area contributed by atoms with Crippen molar-refractivity contribution in [2.75, 3.05) is 26.7 Å². The predicted molar refractivity (Wildman–Crippen MR) is 103 cm³/mol. The Labute approximate surface area is 168 Å². The van der Waals surface area contributed by atoms with E-state index in [4.69, 9.17) is 4.74 Å². The standard InChI is InChI=1S/C20H23F3N2O3S/c1-28-19-7-3-2-6-17(19)18(25-12-4-5-13-25)14-24-29(26,27)16-10-8-15(9-11-16)20(21,22)23/h2-3,6-11,18,24H,4-5,12-14H2,1H3.